The summed E-state index contributed by atoms with van der Waals surface area (Å²) in [4.78, 5) is 49.4. The Hall–Kier alpha value is -2.42. The van der Waals surface area contributed by atoms with E-state index in [0.29, 0.717) is 33.2 Å². The maximum Gasteiger partial charge on any atom is 0.348 e. The normalized spacial score (nSPS) is 27.2. The molecule has 4 aliphatic carbocycles. The van der Waals surface area contributed by atoms with Crippen molar-refractivity contribution in [2.24, 2.45) is 23.2 Å². The van der Waals surface area contributed by atoms with Crippen LogP contribution < -0.4 is 10.6 Å². The maximum absolute atomic E-state index is 12.9. The van der Waals surface area contributed by atoms with Crippen molar-refractivity contribution >= 4 is 40.1 Å². The van der Waals surface area contributed by atoms with Gasteiger partial charge in [0.15, 0.2) is 6.61 Å². The Bertz CT molecular complexity index is 904. The van der Waals surface area contributed by atoms with Gasteiger partial charge in [0, 0.05) is 12.0 Å². The second-order valence-electron chi connectivity index (χ2n) is 9.76. The number of nitrogens with one attached hydrogen (secondary N) is 2. The quantitative estimate of drug-likeness (QED) is 0.528. The van der Waals surface area contributed by atoms with Crippen LogP contribution in [0.1, 0.15) is 67.1 Å². The Morgan fingerprint density at radius 1 is 1.06 bits per heavy atom. The molecule has 2 N–H and O–H groups in total. The smallest absolute Gasteiger partial charge is 0.348 e. The number of carbonyl (C=O) groups excluding carboxylic acids is 4. The van der Waals surface area contributed by atoms with Crippen LogP contribution in [0, 0.1) is 30.1 Å². The van der Waals surface area contributed by atoms with Crippen molar-refractivity contribution in [2.75, 3.05) is 25.1 Å². The first-order chi connectivity index (χ1) is 15.8. The zero-order chi connectivity index (χ0) is 23.6. The number of aryl methyl sites for hydroxylation is 1. The standard InChI is InChI=1S/C24H32N2O6S/c1-3-31-22(29)21-14(2)6-19(33-21)26-18(27)13-32-20(28)4-5-25-23(30)24-10-15-7-16(11-24)9-17(8-15)12-24/h6,15-17H,3-5,7-13H2,1-2H3,(H,25,30)(H,26,27). The molecule has 1 aromatic heterocycles. The molecule has 0 aliphatic heterocycles. The molecule has 0 spiro atoms. The van der Waals surface area contributed by atoms with Crippen LogP contribution in [0.2, 0.25) is 0 Å². The highest BCUT2D eigenvalue weighted by Gasteiger charge is 2.54. The number of anilines is 1. The number of amides is 2. The Kier molecular flexibility index (Phi) is 7.07. The lowest BCUT2D eigenvalue weighted by molar-refractivity contribution is -0.148. The molecule has 0 aromatic carbocycles. The summed E-state index contributed by atoms with van der Waals surface area (Å²) in [6.45, 7) is 3.56. The third-order valence-electron chi connectivity index (χ3n) is 7.14. The third-order valence-corrected chi connectivity index (χ3v) is 8.27. The van der Waals surface area contributed by atoms with Crippen LogP contribution in [0.3, 0.4) is 0 Å². The molecule has 0 saturated heterocycles. The SMILES string of the molecule is CCOC(=O)c1sc(NC(=O)COC(=O)CCNC(=O)C23CC4CC(CC(C4)C2)C3)cc1C. The van der Waals surface area contributed by atoms with E-state index in [0.717, 1.165) is 30.6 Å². The molecule has 33 heavy (non-hydrogen) atoms. The number of carbonyl (C=O) groups is 4. The number of esters is 2. The minimum absolute atomic E-state index is 0.0243. The summed E-state index contributed by atoms with van der Waals surface area (Å²) >= 11 is 1.12. The van der Waals surface area contributed by atoms with Gasteiger partial charge in [-0.05, 0) is 81.8 Å². The number of hydrogen-bond acceptors (Lipinski definition) is 7. The fourth-order valence-electron chi connectivity index (χ4n) is 6.19. The van der Waals surface area contributed by atoms with Gasteiger partial charge in [0.2, 0.25) is 5.91 Å². The highest BCUT2D eigenvalue weighted by atomic mass is 32.1. The van der Waals surface area contributed by atoms with Gasteiger partial charge >= 0.3 is 11.9 Å². The molecule has 1 heterocycles. The minimum Gasteiger partial charge on any atom is -0.462 e. The Morgan fingerprint density at radius 2 is 1.70 bits per heavy atom. The van der Waals surface area contributed by atoms with Crippen molar-refractivity contribution in [3.05, 3.63) is 16.5 Å². The van der Waals surface area contributed by atoms with Crippen LogP contribution in [0.4, 0.5) is 5.00 Å². The molecule has 0 atom stereocenters. The second-order valence-corrected chi connectivity index (χ2v) is 10.8. The van der Waals surface area contributed by atoms with E-state index in [9.17, 15) is 19.2 Å². The highest BCUT2D eigenvalue weighted by molar-refractivity contribution is 7.18. The van der Waals surface area contributed by atoms with Crippen LogP contribution in [0.25, 0.3) is 0 Å². The number of rotatable bonds is 9. The van der Waals surface area contributed by atoms with Gasteiger partial charge in [-0.3, -0.25) is 14.4 Å². The monoisotopic (exact) mass is 476 g/mol. The molecule has 0 radical (unpaired) electrons. The molecule has 4 bridgehead atoms. The van der Waals surface area contributed by atoms with Crippen LogP contribution in [-0.2, 0) is 23.9 Å². The van der Waals surface area contributed by atoms with Crippen LogP contribution in [-0.4, -0.2) is 43.5 Å². The summed E-state index contributed by atoms with van der Waals surface area (Å²) in [6, 6.07) is 1.68. The predicted molar refractivity (Wildman–Crippen MR) is 123 cm³/mol. The predicted octanol–water partition coefficient (Wildman–Crippen LogP) is 3.44. The average Bonchev–Trinajstić information content (AvgIpc) is 3.11. The molecule has 180 valence electrons. The van der Waals surface area contributed by atoms with Gasteiger partial charge in [0.1, 0.15) is 4.88 Å². The van der Waals surface area contributed by atoms with Crippen molar-refractivity contribution in [1.82, 2.24) is 5.32 Å². The zero-order valence-corrected chi connectivity index (χ0v) is 20.1. The Labute approximate surface area is 197 Å². The van der Waals surface area contributed by atoms with E-state index in [1.165, 1.54) is 19.3 Å². The number of thiophene rings is 1. The van der Waals surface area contributed by atoms with E-state index in [-0.39, 0.29) is 30.9 Å². The molecule has 5 rings (SSSR count). The first-order valence-corrected chi connectivity index (χ1v) is 12.6. The largest absolute Gasteiger partial charge is 0.462 e. The van der Waals surface area contributed by atoms with Gasteiger partial charge in [-0.25, -0.2) is 4.79 Å². The van der Waals surface area contributed by atoms with E-state index >= 15 is 0 Å². The topological polar surface area (TPSA) is 111 Å². The van der Waals surface area contributed by atoms with Crippen molar-refractivity contribution in [1.29, 1.82) is 0 Å². The summed E-state index contributed by atoms with van der Waals surface area (Å²) in [5.74, 6) is 0.686. The van der Waals surface area contributed by atoms with Crippen LogP contribution >= 0.6 is 11.3 Å². The van der Waals surface area contributed by atoms with Gasteiger partial charge in [-0.15, -0.1) is 11.3 Å². The molecule has 1 aromatic rings. The third kappa shape index (κ3) is 5.39. The average molecular weight is 477 g/mol. The summed E-state index contributed by atoms with van der Waals surface area (Å²) in [5.41, 5.74) is 0.472. The summed E-state index contributed by atoms with van der Waals surface area (Å²) < 4.78 is 10.0. The lowest BCUT2D eigenvalue weighted by Crippen LogP contribution is -2.53. The van der Waals surface area contributed by atoms with Crippen LogP contribution in [0.5, 0.6) is 0 Å². The minimum atomic E-state index is -0.537. The molecule has 0 unspecified atom stereocenters. The molecular weight excluding hydrogens is 444 g/mol. The molecule has 8 nitrogen and oxygen atoms in total. The number of ether oxygens (including phenoxy) is 2. The van der Waals surface area contributed by atoms with Crippen LogP contribution in [0.15, 0.2) is 6.07 Å². The molecule has 4 fully saturated rings. The molecule has 2 amide bonds. The zero-order valence-electron chi connectivity index (χ0n) is 19.2. The summed E-state index contributed by atoms with van der Waals surface area (Å²) in [7, 11) is 0. The molecule has 4 saturated carbocycles. The van der Waals surface area contributed by atoms with E-state index in [4.69, 9.17) is 9.47 Å². The van der Waals surface area contributed by atoms with Gasteiger partial charge in [-0.1, -0.05) is 0 Å². The fraction of sp³-hybridized carbons (Fsp3) is 0.667. The summed E-state index contributed by atoms with van der Waals surface area (Å²) in [5, 5.41) is 6.06. The maximum atomic E-state index is 12.9. The molecular formula is C24H32N2O6S. The lowest BCUT2D eigenvalue weighted by Gasteiger charge is -2.55. The van der Waals surface area contributed by atoms with Crippen molar-refractivity contribution in [3.63, 3.8) is 0 Å². The van der Waals surface area contributed by atoms with Gasteiger partial charge in [0.25, 0.3) is 5.91 Å². The first kappa shape index (κ1) is 23.7. The van der Waals surface area contributed by atoms with Gasteiger partial charge in [0.05, 0.1) is 18.0 Å². The first-order valence-electron chi connectivity index (χ1n) is 11.8. The molecule has 9 heteroatoms. The van der Waals surface area contributed by atoms with Crippen molar-refractivity contribution in [3.8, 4) is 0 Å². The highest BCUT2D eigenvalue weighted by Crippen LogP contribution is 2.60. The van der Waals surface area contributed by atoms with Crippen molar-refractivity contribution < 1.29 is 28.7 Å². The number of hydrogen-bond donors (Lipinski definition) is 2. The lowest BCUT2D eigenvalue weighted by atomic mass is 9.49. The second kappa shape index (κ2) is 9.83. The Balaban J connectivity index is 1.16. The van der Waals surface area contributed by atoms with E-state index in [2.05, 4.69) is 10.6 Å². The fourth-order valence-corrected chi connectivity index (χ4v) is 7.17. The van der Waals surface area contributed by atoms with E-state index < -0.39 is 24.5 Å². The molecule has 4 aliphatic rings. The Morgan fingerprint density at radius 3 is 2.30 bits per heavy atom. The van der Waals surface area contributed by atoms with E-state index in [1.807, 2.05) is 0 Å². The summed E-state index contributed by atoms with van der Waals surface area (Å²) in [6.07, 6.45) is 6.79. The van der Waals surface area contributed by atoms with Gasteiger partial charge < -0.3 is 20.1 Å². The van der Waals surface area contributed by atoms with Gasteiger partial charge in [-0.2, -0.15) is 0 Å². The van der Waals surface area contributed by atoms with Crippen molar-refractivity contribution in [2.45, 2.75) is 58.8 Å². The van der Waals surface area contributed by atoms with E-state index in [1.54, 1.807) is 19.9 Å².